The molecule has 0 aromatic carbocycles. The van der Waals surface area contributed by atoms with E-state index >= 15 is 8.78 Å². The number of halogens is 2. The van der Waals surface area contributed by atoms with E-state index in [2.05, 4.69) is 47.5 Å². The normalized spacial score (nSPS) is 30.7. The van der Waals surface area contributed by atoms with Gasteiger partial charge in [0.05, 0.1) is 25.9 Å². The standard InChI is InChI=1S/C19H22F2N10O11P2S/c20-7-5(1-32)39-18(30-4-25-9-14(30)26-19(22)27-16(9)34)12(7)42-44(37,45)38-2-6-11(41-43(35)36)8(21)17(40-6)31-13-10(28-29-31)15(33)24-3-23-13/h3-8,11-12,17-18,32,43H,1-2H2,(H,35,36)(H,37,45)(H,23,24,33)(H3,22,26,27,34)/t5-,6-,7-,8+,11-,12-,17-,18-,44?/m1/s1. The lowest BCUT2D eigenvalue weighted by atomic mass is 10.1. The molecular formula is C19H22F2N10O11P2S. The molecule has 6 N–H and O–H groups in total. The van der Waals surface area contributed by atoms with Gasteiger partial charge in [0, 0.05) is 0 Å². The fraction of sp³-hybridized carbons (Fsp3) is 0.526. The second kappa shape index (κ2) is 12.2. The van der Waals surface area contributed by atoms with Crippen LogP contribution in [0.5, 0.6) is 0 Å². The Morgan fingerprint density at radius 1 is 1.11 bits per heavy atom. The summed E-state index contributed by atoms with van der Waals surface area (Å²) >= 11 is 3.88. The van der Waals surface area contributed by atoms with Crippen LogP contribution in [-0.2, 0) is 32.2 Å². The summed E-state index contributed by atoms with van der Waals surface area (Å²) in [7, 11) is -3.76. The molecule has 6 rings (SSSR count). The summed E-state index contributed by atoms with van der Waals surface area (Å²) in [6.07, 6.45) is -12.1. The minimum absolute atomic E-state index is 0.147. The van der Waals surface area contributed by atoms with E-state index in [0.717, 1.165) is 21.9 Å². The second-order valence-corrected chi connectivity index (χ2v) is 13.2. The molecule has 0 spiro atoms. The average molecular weight is 698 g/mol. The Morgan fingerprint density at radius 2 is 1.87 bits per heavy atom. The van der Waals surface area contributed by atoms with Crippen molar-refractivity contribution >= 4 is 55.6 Å². The molecule has 2 aliphatic heterocycles. The van der Waals surface area contributed by atoms with E-state index in [0.29, 0.717) is 0 Å². The number of fused-ring (bicyclic) bond motifs is 2. The topological polar surface area (TPSA) is 287 Å². The van der Waals surface area contributed by atoms with Crippen LogP contribution >= 0.6 is 27.3 Å². The van der Waals surface area contributed by atoms with Gasteiger partial charge >= 0.3 is 15.1 Å². The van der Waals surface area contributed by atoms with Crippen LogP contribution in [0.4, 0.5) is 14.7 Å². The number of H-pyrrole nitrogens is 2. The number of aliphatic hydroxyl groups excluding tert-OH is 1. The van der Waals surface area contributed by atoms with Crippen LogP contribution in [0, 0.1) is 0 Å². The summed E-state index contributed by atoms with van der Waals surface area (Å²) < 4.78 is 84.2. The Morgan fingerprint density at radius 3 is 2.60 bits per heavy atom. The molecule has 0 bridgehead atoms. The highest BCUT2D eigenvalue weighted by atomic mass is 32.7. The van der Waals surface area contributed by atoms with E-state index < -0.39 is 88.6 Å². The van der Waals surface area contributed by atoms with Crippen molar-refractivity contribution in [2.75, 3.05) is 18.9 Å². The first-order valence-electron chi connectivity index (χ1n) is 12.6. The number of ether oxygens (including phenoxy) is 2. The number of aliphatic hydroxyl groups is 1. The van der Waals surface area contributed by atoms with Crippen molar-refractivity contribution < 1.29 is 51.0 Å². The van der Waals surface area contributed by atoms with Crippen molar-refractivity contribution in [3.05, 3.63) is 33.4 Å². The zero-order valence-corrected chi connectivity index (χ0v) is 24.9. The van der Waals surface area contributed by atoms with Crippen LogP contribution in [0.3, 0.4) is 0 Å². The minimum atomic E-state index is -4.63. The first-order chi connectivity index (χ1) is 21.4. The lowest BCUT2D eigenvalue weighted by Crippen LogP contribution is -2.33. The number of nitrogen functional groups attached to an aromatic ring is 1. The third kappa shape index (κ3) is 5.93. The third-order valence-electron chi connectivity index (χ3n) is 6.84. The van der Waals surface area contributed by atoms with Crippen molar-refractivity contribution in [1.29, 1.82) is 0 Å². The number of imidazole rings is 1. The smallest absolute Gasteiger partial charge is 0.386 e. The molecule has 0 saturated carbocycles. The maximum atomic E-state index is 15.5. The van der Waals surface area contributed by atoms with Crippen LogP contribution in [-0.4, -0.2) is 104 Å². The van der Waals surface area contributed by atoms with Gasteiger partial charge in [0.1, 0.15) is 24.4 Å². The molecule has 2 saturated heterocycles. The summed E-state index contributed by atoms with van der Waals surface area (Å²) in [4.78, 5) is 49.8. The number of hydrogen-bond acceptors (Lipinski definition) is 16. The molecule has 2 aliphatic rings. The molecule has 244 valence electrons. The number of nitrogens with two attached hydrogens (primary N) is 1. The number of aromatic nitrogens is 9. The summed E-state index contributed by atoms with van der Waals surface area (Å²) in [6, 6.07) is 0. The molecule has 2 fully saturated rings. The number of thiol groups is 1. The molecule has 21 nitrogen and oxygen atoms in total. The van der Waals surface area contributed by atoms with Gasteiger partial charge < -0.3 is 34.7 Å². The zero-order chi connectivity index (χ0) is 32.2. The second-order valence-electron chi connectivity index (χ2n) is 9.60. The summed E-state index contributed by atoms with van der Waals surface area (Å²) in [5.74, 6) is -0.298. The molecule has 2 unspecified atom stereocenters. The molecular weight excluding hydrogens is 676 g/mol. The van der Waals surface area contributed by atoms with E-state index in [4.69, 9.17) is 28.8 Å². The summed E-state index contributed by atoms with van der Waals surface area (Å²) in [5, 5.41) is 16.9. The highest BCUT2D eigenvalue weighted by Gasteiger charge is 2.52. The molecule has 0 amide bonds. The average Bonchev–Trinajstić information content (AvgIpc) is 3.73. The van der Waals surface area contributed by atoms with Crippen LogP contribution in [0.1, 0.15) is 12.5 Å². The Kier molecular flexibility index (Phi) is 8.62. The van der Waals surface area contributed by atoms with Crippen molar-refractivity contribution in [2.45, 2.75) is 49.2 Å². The van der Waals surface area contributed by atoms with Gasteiger partial charge in [-0.05, 0) is 0 Å². The zero-order valence-electron chi connectivity index (χ0n) is 22.1. The first kappa shape index (κ1) is 31.8. The Balaban J connectivity index is 1.23. The van der Waals surface area contributed by atoms with E-state index in [-0.39, 0.29) is 28.3 Å². The Bertz CT molecular complexity index is 1930. The van der Waals surface area contributed by atoms with Gasteiger partial charge in [-0.25, -0.2) is 23.3 Å². The SMILES string of the molecule is Nc1nc2c(ncn2[C@@H]2O[C@H](CO)[C@@H](F)[C@H]2OP(=O)(S)OC[C@H]2O[C@@H](n3nnc4c(=O)[nH]cnc43)[C@@H](F)[C@@H]2O[PH](=O)O)c(=O)[nH]1. The summed E-state index contributed by atoms with van der Waals surface area (Å²) in [5.41, 5.74) is 3.44. The predicted octanol–water partition coefficient (Wildman–Crippen LogP) is -1.10. The largest absolute Gasteiger partial charge is 0.394 e. The molecule has 10 atom stereocenters. The maximum Gasteiger partial charge on any atom is 0.386 e. The molecule has 26 heteroatoms. The van der Waals surface area contributed by atoms with Crippen molar-refractivity contribution in [2.24, 2.45) is 0 Å². The lowest BCUT2D eigenvalue weighted by Gasteiger charge is -2.25. The number of hydrogen-bond donors (Lipinski definition) is 6. The lowest BCUT2D eigenvalue weighted by molar-refractivity contribution is -0.0543. The van der Waals surface area contributed by atoms with Gasteiger partial charge in [-0.1, -0.05) is 17.5 Å². The monoisotopic (exact) mass is 698 g/mol. The number of alkyl halides is 2. The minimum Gasteiger partial charge on any atom is -0.394 e. The Labute approximate surface area is 252 Å². The molecule has 4 aromatic rings. The number of aromatic amines is 2. The predicted molar refractivity (Wildman–Crippen MR) is 147 cm³/mol. The summed E-state index contributed by atoms with van der Waals surface area (Å²) in [6.45, 7) is -6.31. The van der Waals surface area contributed by atoms with Gasteiger partial charge in [-0.15, -0.1) is 5.10 Å². The first-order valence-corrected chi connectivity index (χ1v) is 16.6. The number of rotatable bonds is 10. The van der Waals surface area contributed by atoms with E-state index in [1.54, 1.807) is 0 Å². The van der Waals surface area contributed by atoms with Crippen molar-refractivity contribution in [3.8, 4) is 0 Å². The highest BCUT2D eigenvalue weighted by molar-refractivity contribution is 8.44. The number of nitrogens with zero attached hydrogens (tertiary/aromatic N) is 7. The molecule has 6 heterocycles. The highest BCUT2D eigenvalue weighted by Crippen LogP contribution is 2.57. The van der Waals surface area contributed by atoms with Crippen LogP contribution in [0.15, 0.2) is 22.2 Å². The molecule has 4 aromatic heterocycles. The number of nitrogens with one attached hydrogen (secondary N) is 2. The van der Waals surface area contributed by atoms with Gasteiger partial charge in [0.15, 0.2) is 47.1 Å². The van der Waals surface area contributed by atoms with Gasteiger partial charge in [0.2, 0.25) is 5.95 Å². The third-order valence-corrected chi connectivity index (χ3v) is 8.93. The van der Waals surface area contributed by atoms with E-state index in [1.807, 2.05) is 0 Å². The molecule has 45 heavy (non-hydrogen) atoms. The van der Waals surface area contributed by atoms with Gasteiger partial charge in [0.25, 0.3) is 11.1 Å². The van der Waals surface area contributed by atoms with Crippen molar-refractivity contribution in [3.63, 3.8) is 0 Å². The Hall–Kier alpha value is -3.18. The van der Waals surface area contributed by atoms with Gasteiger partial charge in [-0.3, -0.25) is 32.8 Å². The fourth-order valence-corrected chi connectivity index (χ4v) is 6.86. The molecule has 0 aliphatic carbocycles. The van der Waals surface area contributed by atoms with Crippen LogP contribution < -0.4 is 16.9 Å². The van der Waals surface area contributed by atoms with Crippen molar-refractivity contribution in [1.82, 2.24) is 44.5 Å². The van der Waals surface area contributed by atoms with Crippen LogP contribution in [0.25, 0.3) is 22.3 Å². The fourth-order valence-electron chi connectivity index (χ4n) is 4.89. The van der Waals surface area contributed by atoms with Gasteiger partial charge in [-0.2, -0.15) is 9.67 Å². The maximum absolute atomic E-state index is 15.5. The van der Waals surface area contributed by atoms with Crippen LogP contribution in [0.2, 0.25) is 0 Å². The molecule has 0 radical (unpaired) electrons. The number of anilines is 1. The quantitative estimate of drug-likeness (QED) is 0.0846. The van der Waals surface area contributed by atoms with E-state index in [1.165, 1.54) is 0 Å². The van der Waals surface area contributed by atoms with E-state index in [9.17, 15) is 28.7 Å².